The van der Waals surface area contributed by atoms with E-state index in [1.807, 2.05) is 12.1 Å². The van der Waals surface area contributed by atoms with Gasteiger partial charge in [0.2, 0.25) is 11.8 Å². The zero-order valence-corrected chi connectivity index (χ0v) is 19.4. The lowest BCUT2D eigenvalue weighted by Crippen LogP contribution is -2.58. The molecule has 9 nitrogen and oxygen atoms in total. The Hall–Kier alpha value is -2.62. The standard InChI is InChI=1S/C23H37N5O4/c1-13(2)15-5-7-16(8-6-15)21(30)18(9-10-20(29)14(3)4)27-23(32)19(12-25)28-22(31)17(26)11-24/h5-8,13-14,17-19H,9-12,24-26H2,1-4H3,(H,27,32)(H,28,31)/t17-,18+,19-/m0/s1. The molecule has 8 N–H and O–H groups in total. The van der Waals surface area contributed by atoms with Crippen molar-refractivity contribution in [1.82, 2.24) is 10.6 Å². The Bertz CT molecular complexity index is 792. The highest BCUT2D eigenvalue weighted by Crippen LogP contribution is 2.17. The largest absolute Gasteiger partial charge is 0.344 e. The predicted molar refractivity (Wildman–Crippen MR) is 124 cm³/mol. The van der Waals surface area contributed by atoms with E-state index >= 15 is 0 Å². The van der Waals surface area contributed by atoms with Gasteiger partial charge in [-0.1, -0.05) is 52.0 Å². The molecule has 0 saturated carbocycles. The summed E-state index contributed by atoms with van der Waals surface area (Å²) in [4.78, 5) is 50.1. The molecule has 0 aromatic heterocycles. The van der Waals surface area contributed by atoms with Gasteiger partial charge in [-0.3, -0.25) is 19.2 Å². The minimum atomic E-state index is -1.08. The van der Waals surface area contributed by atoms with Gasteiger partial charge in [-0.2, -0.15) is 0 Å². The van der Waals surface area contributed by atoms with Gasteiger partial charge in [0.15, 0.2) is 5.78 Å². The van der Waals surface area contributed by atoms with Crippen molar-refractivity contribution >= 4 is 23.4 Å². The van der Waals surface area contributed by atoms with Crippen molar-refractivity contribution < 1.29 is 19.2 Å². The molecule has 9 heteroatoms. The molecule has 0 fully saturated rings. The van der Waals surface area contributed by atoms with Crippen LogP contribution in [0.4, 0.5) is 0 Å². The number of carbonyl (C=O) groups is 4. The first-order valence-electron chi connectivity index (χ1n) is 10.9. The van der Waals surface area contributed by atoms with E-state index in [4.69, 9.17) is 17.2 Å². The molecular weight excluding hydrogens is 410 g/mol. The summed E-state index contributed by atoms with van der Waals surface area (Å²) in [6, 6.07) is 4.16. The zero-order valence-electron chi connectivity index (χ0n) is 19.4. The van der Waals surface area contributed by atoms with Gasteiger partial charge in [-0.25, -0.2) is 0 Å². The normalized spacial score (nSPS) is 14.0. The fourth-order valence-electron chi connectivity index (χ4n) is 2.97. The van der Waals surface area contributed by atoms with Crippen LogP contribution in [0.2, 0.25) is 0 Å². The van der Waals surface area contributed by atoms with Gasteiger partial charge < -0.3 is 27.8 Å². The van der Waals surface area contributed by atoms with Gasteiger partial charge in [-0.15, -0.1) is 0 Å². The van der Waals surface area contributed by atoms with Crippen molar-refractivity contribution in [2.45, 2.75) is 64.6 Å². The van der Waals surface area contributed by atoms with Crippen LogP contribution in [0.15, 0.2) is 24.3 Å². The second kappa shape index (κ2) is 13.0. The summed E-state index contributed by atoms with van der Waals surface area (Å²) in [6.07, 6.45) is 0.275. The van der Waals surface area contributed by atoms with Crippen molar-refractivity contribution in [3.8, 4) is 0 Å². The van der Waals surface area contributed by atoms with Crippen molar-refractivity contribution in [2.75, 3.05) is 13.1 Å². The van der Waals surface area contributed by atoms with Gasteiger partial charge in [0.25, 0.3) is 0 Å². The molecule has 1 aromatic carbocycles. The monoisotopic (exact) mass is 447 g/mol. The maximum atomic E-state index is 13.2. The molecule has 178 valence electrons. The molecule has 0 unspecified atom stereocenters. The van der Waals surface area contributed by atoms with E-state index in [-0.39, 0.29) is 43.4 Å². The molecule has 0 aliphatic heterocycles. The highest BCUT2D eigenvalue weighted by Gasteiger charge is 2.28. The summed E-state index contributed by atoms with van der Waals surface area (Å²) in [5, 5.41) is 5.10. The van der Waals surface area contributed by atoms with E-state index in [0.717, 1.165) is 5.56 Å². The quantitative estimate of drug-likeness (QED) is 0.269. The second-order valence-corrected chi connectivity index (χ2v) is 8.50. The third-order valence-corrected chi connectivity index (χ3v) is 5.28. The zero-order chi connectivity index (χ0) is 24.4. The second-order valence-electron chi connectivity index (χ2n) is 8.50. The highest BCUT2D eigenvalue weighted by atomic mass is 16.2. The first-order chi connectivity index (χ1) is 15.0. The molecule has 0 heterocycles. The summed E-state index contributed by atoms with van der Waals surface area (Å²) in [5.74, 6) is -1.43. The van der Waals surface area contributed by atoms with Gasteiger partial charge >= 0.3 is 0 Å². The first-order valence-corrected chi connectivity index (χ1v) is 10.9. The molecule has 1 aromatic rings. The summed E-state index contributed by atoms with van der Waals surface area (Å²) in [6.45, 7) is 7.38. The number of rotatable bonds is 13. The smallest absolute Gasteiger partial charge is 0.244 e. The third-order valence-electron chi connectivity index (χ3n) is 5.28. The molecule has 32 heavy (non-hydrogen) atoms. The maximum absolute atomic E-state index is 13.2. The van der Waals surface area contributed by atoms with E-state index in [1.54, 1.807) is 26.0 Å². The van der Waals surface area contributed by atoms with E-state index in [1.165, 1.54) is 0 Å². The molecule has 0 aliphatic carbocycles. The van der Waals surface area contributed by atoms with Crippen LogP contribution in [0.25, 0.3) is 0 Å². The Kier molecular flexibility index (Phi) is 11.2. The summed E-state index contributed by atoms with van der Waals surface area (Å²) in [5.41, 5.74) is 18.1. The Morgan fingerprint density at radius 1 is 0.844 bits per heavy atom. The number of carbonyl (C=O) groups excluding carboxylic acids is 4. The Balaban J connectivity index is 3.03. The van der Waals surface area contributed by atoms with E-state index in [2.05, 4.69) is 24.5 Å². The van der Waals surface area contributed by atoms with E-state index in [9.17, 15) is 19.2 Å². The van der Waals surface area contributed by atoms with Crippen LogP contribution in [-0.4, -0.2) is 54.6 Å². The van der Waals surface area contributed by atoms with Crippen LogP contribution in [0.5, 0.6) is 0 Å². The third kappa shape index (κ3) is 8.14. The number of hydrogen-bond acceptors (Lipinski definition) is 7. The van der Waals surface area contributed by atoms with Crippen LogP contribution in [-0.2, 0) is 14.4 Å². The van der Waals surface area contributed by atoms with Crippen molar-refractivity contribution in [3.63, 3.8) is 0 Å². The molecule has 2 amide bonds. The van der Waals surface area contributed by atoms with Crippen molar-refractivity contribution in [2.24, 2.45) is 23.1 Å². The topological polar surface area (TPSA) is 170 Å². The van der Waals surface area contributed by atoms with E-state index in [0.29, 0.717) is 11.5 Å². The summed E-state index contributed by atoms with van der Waals surface area (Å²) < 4.78 is 0. The summed E-state index contributed by atoms with van der Waals surface area (Å²) in [7, 11) is 0. The lowest BCUT2D eigenvalue weighted by Gasteiger charge is -2.23. The number of amides is 2. The molecule has 0 bridgehead atoms. The maximum Gasteiger partial charge on any atom is 0.244 e. The highest BCUT2D eigenvalue weighted by molar-refractivity contribution is 6.03. The Morgan fingerprint density at radius 2 is 1.41 bits per heavy atom. The van der Waals surface area contributed by atoms with Gasteiger partial charge in [0.05, 0.1) is 12.1 Å². The van der Waals surface area contributed by atoms with Crippen LogP contribution in [0.3, 0.4) is 0 Å². The molecule has 0 saturated heterocycles. The van der Waals surface area contributed by atoms with Gasteiger partial charge in [-0.05, 0) is 17.9 Å². The number of benzene rings is 1. The minimum absolute atomic E-state index is 0.00944. The molecule has 1 rings (SSSR count). The molecule has 0 spiro atoms. The Labute approximate surface area is 189 Å². The molecular formula is C23H37N5O4. The van der Waals surface area contributed by atoms with E-state index < -0.39 is 29.9 Å². The number of nitrogens with one attached hydrogen (secondary N) is 2. The van der Waals surface area contributed by atoms with Crippen LogP contribution < -0.4 is 27.8 Å². The number of nitrogens with two attached hydrogens (primary N) is 3. The molecule has 0 radical (unpaired) electrons. The number of Topliss-reactive ketones (excluding diaryl/α,β-unsaturated/α-hetero) is 2. The van der Waals surface area contributed by atoms with Gasteiger partial charge in [0.1, 0.15) is 11.8 Å². The average molecular weight is 448 g/mol. The first kappa shape index (κ1) is 27.4. The SMILES string of the molecule is CC(C)C(=O)CC[C@@H](NC(=O)[C@H](CN)NC(=O)[C@@H](N)CN)C(=O)c1ccc(C(C)C)cc1. The van der Waals surface area contributed by atoms with Crippen molar-refractivity contribution in [1.29, 1.82) is 0 Å². The Morgan fingerprint density at radius 3 is 1.88 bits per heavy atom. The minimum Gasteiger partial charge on any atom is -0.344 e. The number of hydrogen-bond donors (Lipinski definition) is 5. The predicted octanol–water partition coefficient (Wildman–Crippen LogP) is 0.212. The van der Waals surface area contributed by atoms with Crippen LogP contribution in [0, 0.1) is 5.92 Å². The van der Waals surface area contributed by atoms with Gasteiger partial charge in [0, 0.05) is 31.0 Å². The fraction of sp³-hybridized carbons (Fsp3) is 0.565. The molecule has 0 aliphatic rings. The lowest BCUT2D eigenvalue weighted by molar-refractivity contribution is -0.129. The fourth-order valence-corrected chi connectivity index (χ4v) is 2.97. The van der Waals surface area contributed by atoms with Crippen LogP contribution in [0.1, 0.15) is 62.4 Å². The number of ketones is 2. The average Bonchev–Trinajstić information content (AvgIpc) is 2.78. The van der Waals surface area contributed by atoms with Crippen LogP contribution >= 0.6 is 0 Å². The molecule has 3 atom stereocenters. The lowest BCUT2D eigenvalue weighted by atomic mass is 9.94. The van der Waals surface area contributed by atoms with Crippen molar-refractivity contribution in [3.05, 3.63) is 35.4 Å². The summed E-state index contributed by atoms with van der Waals surface area (Å²) >= 11 is 0.